The molecule has 21 heavy (non-hydrogen) atoms. The molecule has 0 spiro atoms. The highest BCUT2D eigenvalue weighted by molar-refractivity contribution is 5.48. The summed E-state index contributed by atoms with van der Waals surface area (Å²) >= 11 is 0. The molecule has 3 nitrogen and oxygen atoms in total. The lowest BCUT2D eigenvalue weighted by molar-refractivity contribution is 0.386. The number of methoxy groups -OCH3 is 1. The maximum Gasteiger partial charge on any atom is 0.165 e. The summed E-state index contributed by atoms with van der Waals surface area (Å²) < 4.78 is 24.9. The molecule has 0 amide bonds. The second-order valence-electron chi connectivity index (χ2n) is 4.68. The van der Waals surface area contributed by atoms with E-state index >= 15 is 0 Å². The highest BCUT2D eigenvalue weighted by Crippen LogP contribution is 2.37. The van der Waals surface area contributed by atoms with Crippen molar-refractivity contribution in [3.8, 4) is 17.2 Å². The third-order valence-electron chi connectivity index (χ3n) is 3.25. The summed E-state index contributed by atoms with van der Waals surface area (Å²) in [7, 11) is 1.62. The highest BCUT2D eigenvalue weighted by Gasteiger charge is 2.18. The van der Waals surface area contributed by atoms with Crippen LogP contribution in [0.3, 0.4) is 0 Å². The quantitative estimate of drug-likeness (QED) is 0.860. The molecule has 0 bridgehead atoms. The number of benzene rings is 2. The van der Waals surface area contributed by atoms with E-state index in [2.05, 4.69) is 5.32 Å². The van der Waals surface area contributed by atoms with Crippen LogP contribution in [-0.4, -0.2) is 13.7 Å². The summed E-state index contributed by atoms with van der Waals surface area (Å²) in [5, 5.41) is 3.32. The van der Waals surface area contributed by atoms with Gasteiger partial charge >= 0.3 is 0 Å². The Morgan fingerprint density at radius 2 is 1.71 bits per heavy atom. The lowest BCUT2D eigenvalue weighted by atomic mass is 10.1. The first-order valence-corrected chi connectivity index (χ1v) is 7.00. The number of hydrogen-bond acceptors (Lipinski definition) is 3. The summed E-state index contributed by atoms with van der Waals surface area (Å²) in [6, 6.07) is 11.9. The van der Waals surface area contributed by atoms with E-state index in [0.29, 0.717) is 5.75 Å². The average Bonchev–Trinajstić information content (AvgIpc) is 2.49. The third kappa shape index (κ3) is 3.52. The molecule has 2 aromatic carbocycles. The predicted molar refractivity (Wildman–Crippen MR) is 81.6 cm³/mol. The molecule has 0 fully saturated rings. The summed E-state index contributed by atoms with van der Waals surface area (Å²) in [5.74, 6) is 1.13. The third-order valence-corrected chi connectivity index (χ3v) is 3.25. The fraction of sp³-hybridized carbons (Fsp3) is 0.294. The van der Waals surface area contributed by atoms with Crippen LogP contribution in [0.4, 0.5) is 4.39 Å². The van der Waals surface area contributed by atoms with E-state index in [1.54, 1.807) is 25.3 Å². The van der Waals surface area contributed by atoms with E-state index in [0.717, 1.165) is 17.9 Å². The molecule has 1 atom stereocenters. The van der Waals surface area contributed by atoms with Crippen molar-refractivity contribution in [2.75, 3.05) is 13.7 Å². The van der Waals surface area contributed by atoms with Crippen molar-refractivity contribution in [2.45, 2.75) is 19.9 Å². The molecule has 1 unspecified atom stereocenters. The van der Waals surface area contributed by atoms with Crippen molar-refractivity contribution >= 4 is 0 Å². The minimum atomic E-state index is -0.387. The van der Waals surface area contributed by atoms with Gasteiger partial charge in [0, 0.05) is 6.04 Å². The van der Waals surface area contributed by atoms with E-state index in [9.17, 15) is 4.39 Å². The van der Waals surface area contributed by atoms with E-state index in [1.807, 2.05) is 32.0 Å². The summed E-state index contributed by atoms with van der Waals surface area (Å²) in [6.45, 7) is 4.87. The molecule has 0 saturated carbocycles. The Bertz CT molecular complexity index is 601. The summed E-state index contributed by atoms with van der Waals surface area (Å²) in [6.07, 6.45) is 0. The minimum absolute atomic E-state index is 0.0351. The van der Waals surface area contributed by atoms with Gasteiger partial charge < -0.3 is 14.8 Å². The van der Waals surface area contributed by atoms with Gasteiger partial charge in [-0.15, -0.1) is 0 Å². The molecule has 0 aliphatic rings. The van der Waals surface area contributed by atoms with Crippen LogP contribution in [0, 0.1) is 5.82 Å². The molecule has 0 radical (unpaired) electrons. The van der Waals surface area contributed by atoms with Gasteiger partial charge in [0.15, 0.2) is 11.6 Å². The van der Waals surface area contributed by atoms with Crippen LogP contribution in [0.2, 0.25) is 0 Å². The van der Waals surface area contributed by atoms with Crippen molar-refractivity contribution in [2.24, 2.45) is 0 Å². The van der Waals surface area contributed by atoms with Crippen LogP contribution in [0.15, 0.2) is 42.5 Å². The zero-order valence-electron chi connectivity index (χ0n) is 12.5. The normalized spacial score (nSPS) is 12.0. The molecule has 0 aromatic heterocycles. The van der Waals surface area contributed by atoms with Crippen molar-refractivity contribution in [3.63, 3.8) is 0 Å². The average molecular weight is 289 g/mol. The maximum absolute atomic E-state index is 13.8. The molecule has 1 N–H and O–H groups in total. The van der Waals surface area contributed by atoms with Gasteiger partial charge in [-0.1, -0.05) is 25.1 Å². The van der Waals surface area contributed by atoms with Gasteiger partial charge in [-0.2, -0.15) is 0 Å². The van der Waals surface area contributed by atoms with Crippen LogP contribution < -0.4 is 14.8 Å². The van der Waals surface area contributed by atoms with Crippen LogP contribution in [0.1, 0.15) is 25.5 Å². The first kappa shape index (κ1) is 15.3. The zero-order valence-corrected chi connectivity index (χ0v) is 12.5. The van der Waals surface area contributed by atoms with Gasteiger partial charge in [0.1, 0.15) is 11.5 Å². The lowest BCUT2D eigenvalue weighted by Crippen LogP contribution is -2.19. The maximum atomic E-state index is 13.8. The van der Waals surface area contributed by atoms with Gasteiger partial charge in [-0.25, -0.2) is 4.39 Å². The Kier molecular flexibility index (Phi) is 5.17. The Morgan fingerprint density at radius 3 is 2.38 bits per heavy atom. The largest absolute Gasteiger partial charge is 0.496 e. The van der Waals surface area contributed by atoms with Crippen LogP contribution in [0.5, 0.6) is 17.2 Å². The van der Waals surface area contributed by atoms with E-state index in [1.165, 1.54) is 6.07 Å². The first-order valence-electron chi connectivity index (χ1n) is 7.00. The molecule has 4 heteroatoms. The van der Waals surface area contributed by atoms with Crippen molar-refractivity contribution in [1.82, 2.24) is 5.32 Å². The fourth-order valence-corrected chi connectivity index (χ4v) is 2.27. The van der Waals surface area contributed by atoms with Gasteiger partial charge in [0.05, 0.1) is 12.7 Å². The number of halogens is 1. The topological polar surface area (TPSA) is 30.5 Å². The second kappa shape index (κ2) is 7.09. The number of para-hydroxylation sites is 1. The predicted octanol–water partition coefficient (Wildman–Crippen LogP) is 4.30. The summed E-state index contributed by atoms with van der Waals surface area (Å²) in [4.78, 5) is 0. The Hall–Kier alpha value is -2.07. The van der Waals surface area contributed by atoms with Crippen LogP contribution in [0.25, 0.3) is 0 Å². The molecule has 0 saturated heterocycles. The van der Waals surface area contributed by atoms with Crippen molar-refractivity contribution in [3.05, 3.63) is 53.8 Å². The van der Waals surface area contributed by atoms with E-state index < -0.39 is 0 Å². The van der Waals surface area contributed by atoms with Crippen molar-refractivity contribution in [1.29, 1.82) is 0 Å². The van der Waals surface area contributed by atoms with Gasteiger partial charge in [-0.3, -0.25) is 0 Å². The Morgan fingerprint density at radius 1 is 1.05 bits per heavy atom. The molecule has 0 heterocycles. The van der Waals surface area contributed by atoms with Crippen LogP contribution in [-0.2, 0) is 0 Å². The molecular formula is C17H20FNO2. The Balaban J connectivity index is 2.41. The highest BCUT2D eigenvalue weighted by atomic mass is 19.1. The first-order chi connectivity index (χ1) is 10.2. The summed E-state index contributed by atoms with van der Waals surface area (Å²) in [5.41, 5.74) is 0.880. The number of ether oxygens (including phenoxy) is 2. The smallest absolute Gasteiger partial charge is 0.165 e. The number of rotatable bonds is 6. The lowest BCUT2D eigenvalue weighted by Gasteiger charge is -2.20. The van der Waals surface area contributed by atoms with Crippen LogP contribution >= 0.6 is 0 Å². The fourth-order valence-electron chi connectivity index (χ4n) is 2.27. The molecule has 0 aliphatic carbocycles. The SMILES string of the molecule is CCNC(C)c1c(OC)cccc1Oc1ccccc1F. The number of nitrogens with one attached hydrogen (secondary N) is 1. The van der Waals surface area contributed by atoms with E-state index in [-0.39, 0.29) is 17.6 Å². The second-order valence-corrected chi connectivity index (χ2v) is 4.68. The Labute approximate surface area is 124 Å². The minimum Gasteiger partial charge on any atom is -0.496 e. The molecule has 2 aromatic rings. The standard InChI is InChI=1S/C17H20FNO2/c1-4-19-12(2)17-15(20-3)10-7-11-16(17)21-14-9-6-5-8-13(14)18/h5-12,19H,4H2,1-3H3. The van der Waals surface area contributed by atoms with Gasteiger partial charge in [0.2, 0.25) is 0 Å². The molecule has 112 valence electrons. The van der Waals surface area contributed by atoms with Gasteiger partial charge in [0.25, 0.3) is 0 Å². The van der Waals surface area contributed by atoms with Crippen molar-refractivity contribution < 1.29 is 13.9 Å². The molecule has 0 aliphatic heterocycles. The van der Waals surface area contributed by atoms with Gasteiger partial charge in [-0.05, 0) is 37.7 Å². The molecule has 2 rings (SSSR count). The zero-order chi connectivity index (χ0) is 15.2. The van der Waals surface area contributed by atoms with E-state index in [4.69, 9.17) is 9.47 Å². The molecular weight excluding hydrogens is 269 g/mol. The monoisotopic (exact) mass is 289 g/mol. The number of hydrogen-bond donors (Lipinski definition) is 1.